The molecule has 0 aromatic heterocycles. The van der Waals surface area contributed by atoms with Gasteiger partial charge in [-0.1, -0.05) is 37.3 Å². The van der Waals surface area contributed by atoms with Crippen LogP contribution in [0.2, 0.25) is 0 Å². The van der Waals surface area contributed by atoms with Crippen molar-refractivity contribution in [1.29, 1.82) is 0 Å². The van der Waals surface area contributed by atoms with Crippen molar-refractivity contribution in [3.05, 3.63) is 35.9 Å². The van der Waals surface area contributed by atoms with Gasteiger partial charge < -0.3 is 10.6 Å². The summed E-state index contributed by atoms with van der Waals surface area (Å²) in [4.78, 5) is 28.8. The molecule has 1 heterocycles. The first kappa shape index (κ1) is 20.8. The molecule has 1 saturated carbocycles. The van der Waals surface area contributed by atoms with E-state index in [1.165, 1.54) is 5.56 Å². The molecule has 2 aliphatic rings. The lowest BCUT2D eigenvalue weighted by Crippen LogP contribution is -2.52. The first-order valence-corrected chi connectivity index (χ1v) is 10.6. The summed E-state index contributed by atoms with van der Waals surface area (Å²) in [6.45, 7) is 9.02. The minimum Gasteiger partial charge on any atom is -0.354 e. The quantitative estimate of drug-likeness (QED) is 0.673. The summed E-state index contributed by atoms with van der Waals surface area (Å²) in [5.41, 5.74) is 1.48. The molecule has 2 fully saturated rings. The normalized spacial score (nSPS) is 20.4. The number of piperazine rings is 1. The Bertz CT molecular complexity index is 652. The predicted molar refractivity (Wildman–Crippen MR) is 111 cm³/mol. The number of carbonyl (C=O) groups is 2. The van der Waals surface area contributed by atoms with Gasteiger partial charge in [0.2, 0.25) is 11.8 Å². The highest BCUT2D eigenvalue weighted by molar-refractivity contribution is 5.79. The van der Waals surface area contributed by atoms with Crippen LogP contribution in [0.15, 0.2) is 30.3 Å². The van der Waals surface area contributed by atoms with Crippen molar-refractivity contribution in [2.75, 3.05) is 45.8 Å². The maximum atomic E-state index is 12.4. The van der Waals surface area contributed by atoms with Crippen molar-refractivity contribution in [2.45, 2.75) is 44.6 Å². The molecule has 1 unspecified atom stereocenters. The first-order valence-electron chi connectivity index (χ1n) is 10.6. The summed E-state index contributed by atoms with van der Waals surface area (Å²) in [6, 6.07) is 10.7. The van der Waals surface area contributed by atoms with E-state index in [1.807, 2.05) is 13.0 Å². The number of benzene rings is 1. The summed E-state index contributed by atoms with van der Waals surface area (Å²) in [5, 5.41) is 6.16. The molecule has 1 atom stereocenters. The van der Waals surface area contributed by atoms with Gasteiger partial charge in [0.05, 0.1) is 13.1 Å². The average Bonchev–Trinajstić information content (AvgIpc) is 3.50. The van der Waals surface area contributed by atoms with Crippen LogP contribution in [-0.4, -0.2) is 73.5 Å². The third-order valence-electron chi connectivity index (χ3n) is 6.08. The van der Waals surface area contributed by atoms with E-state index in [0.717, 1.165) is 52.0 Å². The Morgan fingerprint density at radius 1 is 1.00 bits per heavy atom. The molecule has 154 valence electrons. The Morgan fingerprint density at radius 2 is 1.57 bits per heavy atom. The van der Waals surface area contributed by atoms with Crippen LogP contribution in [0.5, 0.6) is 0 Å². The molecular formula is C22H34N4O2. The van der Waals surface area contributed by atoms with E-state index >= 15 is 0 Å². The topological polar surface area (TPSA) is 64.7 Å². The second-order valence-electron chi connectivity index (χ2n) is 8.35. The van der Waals surface area contributed by atoms with E-state index < -0.39 is 0 Å². The van der Waals surface area contributed by atoms with Crippen LogP contribution >= 0.6 is 0 Å². The zero-order valence-electron chi connectivity index (χ0n) is 17.2. The van der Waals surface area contributed by atoms with Gasteiger partial charge in [0, 0.05) is 44.2 Å². The van der Waals surface area contributed by atoms with E-state index in [4.69, 9.17) is 0 Å². The van der Waals surface area contributed by atoms with E-state index in [-0.39, 0.29) is 23.3 Å². The zero-order valence-corrected chi connectivity index (χ0v) is 17.2. The standard InChI is InChI=1S/C22H34N4O2/c1-3-18(2)24-21(28)16-26-13-11-25(12-14-26)15-20(27)23-17-22(9-10-22)19-7-5-4-6-8-19/h4-8,18H,3,9-17H2,1-2H3,(H,23,27)(H,24,28). The monoisotopic (exact) mass is 386 g/mol. The van der Waals surface area contributed by atoms with Crippen molar-refractivity contribution < 1.29 is 9.59 Å². The average molecular weight is 387 g/mol. The number of rotatable bonds is 9. The SMILES string of the molecule is CCC(C)NC(=O)CN1CCN(CC(=O)NCC2(c3ccccc3)CC2)CC1. The molecule has 0 spiro atoms. The number of hydrogen-bond acceptors (Lipinski definition) is 4. The van der Waals surface area contributed by atoms with Crippen LogP contribution in [0.3, 0.4) is 0 Å². The molecule has 2 N–H and O–H groups in total. The van der Waals surface area contributed by atoms with Crippen LogP contribution in [0.1, 0.15) is 38.7 Å². The number of carbonyl (C=O) groups excluding carboxylic acids is 2. The molecule has 0 bridgehead atoms. The Morgan fingerprint density at radius 3 is 2.11 bits per heavy atom. The van der Waals surface area contributed by atoms with E-state index in [2.05, 4.69) is 51.6 Å². The Hall–Kier alpha value is -1.92. The summed E-state index contributed by atoms with van der Waals surface area (Å²) < 4.78 is 0. The molecule has 0 radical (unpaired) electrons. The van der Waals surface area contributed by atoms with Gasteiger partial charge in [-0.05, 0) is 31.7 Å². The first-order chi connectivity index (χ1) is 13.5. The van der Waals surface area contributed by atoms with Crippen molar-refractivity contribution in [3.63, 3.8) is 0 Å². The second kappa shape index (κ2) is 9.52. The van der Waals surface area contributed by atoms with Crippen molar-refractivity contribution in [2.24, 2.45) is 0 Å². The highest BCUT2D eigenvalue weighted by Crippen LogP contribution is 2.47. The molecule has 6 nitrogen and oxygen atoms in total. The molecule has 6 heteroatoms. The predicted octanol–water partition coefficient (Wildman–Crippen LogP) is 1.37. The van der Waals surface area contributed by atoms with Crippen molar-refractivity contribution in [1.82, 2.24) is 20.4 Å². The maximum Gasteiger partial charge on any atom is 0.234 e. The fraction of sp³-hybridized carbons (Fsp3) is 0.636. The fourth-order valence-electron chi connectivity index (χ4n) is 3.77. The third-order valence-corrected chi connectivity index (χ3v) is 6.08. The molecule has 1 aliphatic heterocycles. The maximum absolute atomic E-state index is 12.4. The van der Waals surface area contributed by atoms with Crippen LogP contribution in [0.4, 0.5) is 0 Å². The van der Waals surface area contributed by atoms with Gasteiger partial charge in [-0.3, -0.25) is 19.4 Å². The number of hydrogen-bond donors (Lipinski definition) is 2. The van der Waals surface area contributed by atoms with Gasteiger partial charge in [-0.15, -0.1) is 0 Å². The third kappa shape index (κ3) is 5.79. The lowest BCUT2D eigenvalue weighted by atomic mass is 9.96. The minimum absolute atomic E-state index is 0.0937. The highest BCUT2D eigenvalue weighted by atomic mass is 16.2. The highest BCUT2D eigenvalue weighted by Gasteiger charge is 2.44. The molecule has 3 rings (SSSR count). The molecule has 1 aliphatic carbocycles. The van der Waals surface area contributed by atoms with Gasteiger partial charge in [0.25, 0.3) is 0 Å². The number of nitrogens with zero attached hydrogens (tertiary/aromatic N) is 2. The van der Waals surface area contributed by atoms with Crippen molar-refractivity contribution in [3.8, 4) is 0 Å². The van der Waals surface area contributed by atoms with Crippen LogP contribution in [0.25, 0.3) is 0 Å². The minimum atomic E-state index is 0.0937. The Kier molecular flexibility index (Phi) is 7.08. The van der Waals surface area contributed by atoms with Crippen LogP contribution < -0.4 is 10.6 Å². The van der Waals surface area contributed by atoms with E-state index in [1.54, 1.807) is 0 Å². The van der Waals surface area contributed by atoms with Gasteiger partial charge in [-0.2, -0.15) is 0 Å². The Labute approximate surface area is 168 Å². The molecule has 28 heavy (non-hydrogen) atoms. The number of amides is 2. The lowest BCUT2D eigenvalue weighted by molar-refractivity contribution is -0.125. The van der Waals surface area contributed by atoms with Gasteiger partial charge in [0.1, 0.15) is 0 Å². The fourth-order valence-corrected chi connectivity index (χ4v) is 3.77. The van der Waals surface area contributed by atoms with Gasteiger partial charge in [0.15, 0.2) is 0 Å². The van der Waals surface area contributed by atoms with E-state index in [9.17, 15) is 9.59 Å². The largest absolute Gasteiger partial charge is 0.354 e. The summed E-state index contributed by atoms with van der Waals surface area (Å²) in [7, 11) is 0. The molecule has 2 amide bonds. The zero-order chi connectivity index (χ0) is 20.0. The van der Waals surface area contributed by atoms with E-state index in [0.29, 0.717) is 13.1 Å². The molecular weight excluding hydrogens is 352 g/mol. The Balaban J connectivity index is 1.35. The lowest BCUT2D eigenvalue weighted by Gasteiger charge is -2.34. The van der Waals surface area contributed by atoms with Crippen LogP contribution in [-0.2, 0) is 15.0 Å². The smallest absolute Gasteiger partial charge is 0.234 e. The molecule has 1 saturated heterocycles. The second-order valence-corrected chi connectivity index (χ2v) is 8.35. The summed E-state index contributed by atoms with van der Waals surface area (Å²) >= 11 is 0. The summed E-state index contributed by atoms with van der Waals surface area (Å²) in [5.74, 6) is 0.196. The molecule has 1 aromatic carbocycles. The number of nitrogens with one attached hydrogen (secondary N) is 2. The van der Waals surface area contributed by atoms with Gasteiger partial charge >= 0.3 is 0 Å². The van der Waals surface area contributed by atoms with Crippen LogP contribution in [0, 0.1) is 0 Å². The summed E-state index contributed by atoms with van der Waals surface area (Å²) in [6.07, 6.45) is 3.24. The van der Waals surface area contributed by atoms with Crippen molar-refractivity contribution >= 4 is 11.8 Å². The van der Waals surface area contributed by atoms with Gasteiger partial charge in [-0.25, -0.2) is 0 Å². The molecule has 1 aromatic rings.